The molecule has 2 unspecified atom stereocenters. The Kier molecular flexibility index (Phi) is 84.0. The predicted molar refractivity (Wildman–Crippen MR) is 403 cm³/mol. The minimum atomic E-state index is -3.24. The fourth-order valence-corrected chi connectivity index (χ4v) is 7.04. The maximum Gasteiger partial charge on any atom is 0.328 e. The minimum Gasteiger partial charge on any atom is -0.466 e. The molecular formula is C70H125F3N12O8S3. The lowest BCUT2D eigenvalue weighted by Gasteiger charge is -2.12. The Morgan fingerprint density at radius 1 is 0.677 bits per heavy atom. The van der Waals surface area contributed by atoms with Gasteiger partial charge in [-0.05, 0) is 134 Å². The number of nitrogens with zero attached hydrogens (tertiary/aromatic N) is 12. The Balaban J connectivity index is -0.000000125. The number of halogens is 3. The smallest absolute Gasteiger partial charge is 0.328 e. The van der Waals surface area contributed by atoms with Gasteiger partial charge in [-0.25, -0.2) is 4.39 Å². The van der Waals surface area contributed by atoms with Crippen LogP contribution in [0.2, 0.25) is 0 Å². The number of nitro groups is 1. The largest absolute Gasteiger partial charge is 0.466 e. The lowest BCUT2D eigenvalue weighted by atomic mass is 10.0. The molecule has 26 heteroatoms. The molecule has 2 atom stereocenters. The first-order valence-electron chi connectivity index (χ1n) is 32.4. The first-order chi connectivity index (χ1) is 44.5. The van der Waals surface area contributed by atoms with Crippen molar-refractivity contribution in [1.82, 2.24) is 0 Å². The van der Waals surface area contributed by atoms with Gasteiger partial charge >= 0.3 is 24.0 Å². The maximum atomic E-state index is 12.1. The zero-order chi connectivity index (χ0) is 77.0. The summed E-state index contributed by atoms with van der Waals surface area (Å²) in [7, 11) is 0. The number of carbonyl (C=O) groups is 3. The fourth-order valence-electron chi connectivity index (χ4n) is 4.85. The zero-order valence-electron chi connectivity index (χ0n) is 63.4. The van der Waals surface area contributed by atoms with Crippen LogP contribution in [-0.2, 0) is 35.0 Å². The number of thiocyanates is 1. The molecule has 20 nitrogen and oxygen atoms in total. The number of hydrogen-bond acceptors (Lipinski definition) is 16. The molecule has 0 radical (unpaired) electrons. The molecule has 96 heavy (non-hydrogen) atoms. The molecule has 0 N–H and O–H groups in total. The van der Waals surface area contributed by atoms with E-state index >= 15 is 0 Å². The Labute approximate surface area is 590 Å². The molecule has 0 aliphatic heterocycles. The van der Waals surface area contributed by atoms with Crippen molar-refractivity contribution in [2.75, 3.05) is 37.2 Å². The van der Waals surface area contributed by atoms with Crippen LogP contribution in [0.5, 0.6) is 0 Å². The summed E-state index contributed by atoms with van der Waals surface area (Å²) in [4.78, 5) is 54.3. The van der Waals surface area contributed by atoms with Crippen molar-refractivity contribution in [1.29, 1.82) is 5.26 Å². The highest BCUT2D eigenvalue weighted by molar-refractivity contribution is 8.03. The summed E-state index contributed by atoms with van der Waals surface area (Å²) in [5.74, 6) is 4.90. The number of benzene rings is 2. The van der Waals surface area contributed by atoms with Crippen LogP contribution in [-0.4, -0.2) is 89.4 Å². The quantitative estimate of drug-likeness (QED) is 0.00690. The van der Waals surface area contributed by atoms with Gasteiger partial charge in [-0.3, -0.25) is 29.5 Å². The highest BCUT2D eigenvalue weighted by Crippen LogP contribution is 2.25. The van der Waals surface area contributed by atoms with Crippen molar-refractivity contribution in [2.24, 2.45) is 79.5 Å². The van der Waals surface area contributed by atoms with Crippen molar-refractivity contribution in [3.63, 3.8) is 0 Å². The zero-order valence-corrected chi connectivity index (χ0v) is 65.9. The van der Waals surface area contributed by atoms with E-state index in [0.717, 1.165) is 52.9 Å². The van der Waals surface area contributed by atoms with Gasteiger partial charge in [0, 0.05) is 65.7 Å². The van der Waals surface area contributed by atoms with Crippen LogP contribution < -0.4 is 0 Å². The van der Waals surface area contributed by atoms with Crippen LogP contribution in [0.1, 0.15) is 199 Å². The van der Waals surface area contributed by atoms with Crippen LogP contribution in [0, 0.1) is 80.0 Å². The normalized spacial score (nSPS) is 10.4. The number of allylic oxidation sites excluding steroid dienone is 1. The molecule has 0 aromatic heterocycles. The van der Waals surface area contributed by atoms with Gasteiger partial charge in [-0.2, -0.15) is 25.8 Å². The van der Waals surface area contributed by atoms with E-state index in [1.807, 2.05) is 79.7 Å². The van der Waals surface area contributed by atoms with Crippen LogP contribution in [0.25, 0.3) is 31.3 Å². The van der Waals surface area contributed by atoms with Gasteiger partial charge in [0.1, 0.15) is 12.0 Å². The molecule has 2 aromatic rings. The number of nitriles is 1. The first-order valence-corrected chi connectivity index (χ1v) is 35.4. The number of ether oxygens (including phenoxy) is 3. The third-order valence-electron chi connectivity index (χ3n) is 10.1. The summed E-state index contributed by atoms with van der Waals surface area (Å²) in [6.07, 6.45) is 4.03. The molecule has 0 amide bonds. The van der Waals surface area contributed by atoms with Crippen molar-refractivity contribution < 1.29 is 46.7 Å². The highest BCUT2D eigenvalue weighted by Gasteiger charge is 2.31. The number of para-hydroxylation sites is 1. The third-order valence-corrected chi connectivity index (χ3v) is 13.9. The third kappa shape index (κ3) is 91.9. The summed E-state index contributed by atoms with van der Waals surface area (Å²) >= 11 is 5.29. The summed E-state index contributed by atoms with van der Waals surface area (Å²) in [6.45, 7) is 60.3. The van der Waals surface area contributed by atoms with Crippen molar-refractivity contribution in [2.45, 2.75) is 228 Å². The SMILES string of the molecule is C=CCC(C)C.C=CCOC(=O)C(C)C.CC(C)=NC(C)C.CC(C)C(=O)OCN=[N+]=[N-].CC(C)C(F)(F)N=[N+]=[N-].CC(C)C(F)N=[N+]=[N-].CC(C)CSC#N.CC(C)CSc1ccccc1.CC(C)Cc1ccccc1[N+](=O)[O-].CCOC(=O)C(C)C.CCSC(C)C(C)C. The lowest BCUT2D eigenvalue weighted by Crippen LogP contribution is -2.19. The number of carbonyl (C=O) groups excluding carboxylic acids is 3. The molecule has 0 fully saturated rings. The maximum absolute atomic E-state index is 12.1. The minimum absolute atomic E-state index is 0.00921. The second-order valence-electron chi connectivity index (χ2n) is 24.5. The van der Waals surface area contributed by atoms with Crippen molar-refractivity contribution in [3.05, 3.63) is 127 Å². The predicted octanol–water partition coefficient (Wildman–Crippen LogP) is 23.8. The van der Waals surface area contributed by atoms with Crippen molar-refractivity contribution in [3.8, 4) is 5.40 Å². The molecule has 0 saturated heterocycles. The highest BCUT2D eigenvalue weighted by atomic mass is 32.2. The van der Waals surface area contributed by atoms with E-state index in [1.165, 1.54) is 42.0 Å². The van der Waals surface area contributed by atoms with Gasteiger partial charge in [-0.1, -0.05) is 218 Å². The van der Waals surface area contributed by atoms with Crippen LogP contribution in [0.3, 0.4) is 0 Å². The second-order valence-corrected chi connectivity index (χ2v) is 28.1. The summed E-state index contributed by atoms with van der Waals surface area (Å²) in [6, 6.07) is 14.7. The van der Waals surface area contributed by atoms with E-state index in [9.17, 15) is 37.7 Å². The molecular weight excluding hydrogens is 1290 g/mol. The number of rotatable bonds is 26. The molecule has 0 saturated carbocycles. The monoisotopic (exact) mass is 1410 g/mol. The van der Waals surface area contributed by atoms with Gasteiger partial charge in [0.25, 0.3) is 5.69 Å². The average molecular weight is 1420 g/mol. The number of azide groups is 3. The van der Waals surface area contributed by atoms with E-state index in [0.29, 0.717) is 31.1 Å². The number of alkyl halides is 3. The molecule has 0 spiro atoms. The van der Waals surface area contributed by atoms with E-state index in [1.54, 1.807) is 66.7 Å². The number of esters is 3. The van der Waals surface area contributed by atoms with Gasteiger partial charge in [0.05, 0.1) is 29.3 Å². The van der Waals surface area contributed by atoms with Gasteiger partial charge in [0.15, 0.2) is 13.0 Å². The Bertz CT molecular complexity index is 2460. The fraction of sp³-hybridized carbons (Fsp3) is 0.700. The van der Waals surface area contributed by atoms with Gasteiger partial charge in [0.2, 0.25) is 0 Å². The van der Waals surface area contributed by atoms with Gasteiger partial charge in [-0.15, -0.1) is 18.3 Å². The lowest BCUT2D eigenvalue weighted by molar-refractivity contribution is -0.385. The molecule has 2 rings (SSSR count). The van der Waals surface area contributed by atoms with E-state index in [4.69, 9.17) is 26.6 Å². The van der Waals surface area contributed by atoms with E-state index < -0.39 is 18.3 Å². The standard InChI is InChI=1S/C10H13NO2.C10H14S.C7H12O2.C7H16S.C6H13N.C6H12O2.C6H12.C5H9N3O2.C5H9NS.C4H7F2N3.C4H8FN3/c1-8(2)7-9-5-3-4-6-10(9)11(12)13;1-9(2)8-11-10-6-4-3-5-7-10;1-4-5-9-7(8)6(2)3;1-5-8-7(4)6(2)3;1-5(2)7-6(3)4;1-4-8-6(7)5(2)3;1-4-5-6(2)3;1-4(2)5(9)10-3-7-8-6;1-5(2)3-7-4-6;1-3(2)4(5,6)8-9-7;1-3(2)4(5)7-8-6/h3-6,8H,7H2,1-2H3;3-7,9H,8H2,1-2H3;4,6H,1,5H2,2-3H3;6-7H,5H2,1-4H3;5H,1-4H3;5H,4H2,1-3H3;4,6H,1,5H2,2-3H3;4H,3H2,1-2H3;5H,3H2,1-2H3;3H,1-2H3;3-4H,1-2H3. The Hall–Kier alpha value is -6.34. The average Bonchev–Trinajstić information content (AvgIpc) is 1.20. The summed E-state index contributed by atoms with van der Waals surface area (Å²) in [5, 5.41) is 29.7. The summed E-state index contributed by atoms with van der Waals surface area (Å²) in [5.41, 5.74) is 25.3. The molecule has 0 bridgehead atoms. The molecule has 552 valence electrons. The number of aliphatic imine (C=N–C) groups is 1. The van der Waals surface area contributed by atoms with Crippen LogP contribution in [0.15, 0.2) is 105 Å². The van der Waals surface area contributed by atoms with E-state index in [2.05, 4.69) is 180 Å². The van der Waals surface area contributed by atoms with Crippen LogP contribution in [0.4, 0.5) is 18.9 Å². The summed E-state index contributed by atoms with van der Waals surface area (Å²) < 4.78 is 50.2. The molecule has 0 aliphatic rings. The number of nitro benzene ring substituents is 1. The Morgan fingerprint density at radius 2 is 1.16 bits per heavy atom. The van der Waals surface area contributed by atoms with Crippen molar-refractivity contribution >= 4 is 64.6 Å². The molecule has 0 aliphatic carbocycles. The number of hydrogen-bond donors (Lipinski definition) is 0. The topological polar surface area (TPSA) is 304 Å². The molecule has 2 aromatic carbocycles. The molecule has 0 heterocycles. The first kappa shape index (κ1) is 108. The second kappa shape index (κ2) is 74.5. The van der Waals surface area contributed by atoms with Gasteiger partial charge < -0.3 is 14.2 Å². The number of thioether (sulfide) groups is 3. The Morgan fingerprint density at radius 3 is 1.42 bits per heavy atom. The van der Waals surface area contributed by atoms with E-state index in [-0.39, 0.29) is 58.9 Å². The van der Waals surface area contributed by atoms with Crippen LogP contribution >= 0.6 is 35.3 Å².